The van der Waals surface area contributed by atoms with Crippen LogP contribution >= 0.6 is 0 Å². The van der Waals surface area contributed by atoms with Crippen molar-refractivity contribution in [3.8, 4) is 5.75 Å². The molecule has 1 atom stereocenters. The molecule has 7 nitrogen and oxygen atoms in total. The van der Waals surface area contributed by atoms with E-state index in [2.05, 4.69) is 0 Å². The average molecular weight is 296 g/mol. The minimum absolute atomic E-state index is 0.0277. The van der Waals surface area contributed by atoms with E-state index in [1.807, 2.05) is 0 Å². The highest BCUT2D eigenvalue weighted by Gasteiger charge is 2.19. The molecule has 0 aliphatic carbocycles. The van der Waals surface area contributed by atoms with E-state index in [0.29, 0.717) is 26.4 Å². The Kier molecular flexibility index (Phi) is 5.35. The fourth-order valence-electron chi connectivity index (χ4n) is 2.11. The summed E-state index contributed by atoms with van der Waals surface area (Å²) in [7, 11) is 3.11. The second-order valence-electron chi connectivity index (χ2n) is 4.85. The lowest BCUT2D eigenvalue weighted by molar-refractivity contribution is -0.136. The van der Waals surface area contributed by atoms with E-state index < -0.39 is 0 Å². The van der Waals surface area contributed by atoms with Gasteiger partial charge in [-0.1, -0.05) is 0 Å². The minimum Gasteiger partial charge on any atom is -0.491 e. The molecule has 21 heavy (non-hydrogen) atoms. The van der Waals surface area contributed by atoms with E-state index in [4.69, 9.17) is 14.2 Å². The number of amides is 1. The smallest absolute Gasteiger partial charge is 0.293 e. The van der Waals surface area contributed by atoms with Gasteiger partial charge in [0.2, 0.25) is 5.91 Å². The normalized spacial score (nSPS) is 18.3. The van der Waals surface area contributed by atoms with Gasteiger partial charge in [0.25, 0.3) is 5.56 Å². The molecule has 0 spiro atoms. The Hall–Kier alpha value is -1.86. The van der Waals surface area contributed by atoms with Gasteiger partial charge >= 0.3 is 0 Å². The topological polar surface area (TPSA) is 70.0 Å². The van der Waals surface area contributed by atoms with Gasteiger partial charge in [0, 0.05) is 19.8 Å². The third kappa shape index (κ3) is 4.05. The molecule has 0 saturated carbocycles. The van der Waals surface area contributed by atoms with Gasteiger partial charge in [-0.3, -0.25) is 9.59 Å². The van der Waals surface area contributed by atoms with Crippen LogP contribution in [0.25, 0.3) is 0 Å². The van der Waals surface area contributed by atoms with Gasteiger partial charge < -0.3 is 23.7 Å². The fourth-order valence-corrected chi connectivity index (χ4v) is 2.11. The summed E-state index contributed by atoms with van der Waals surface area (Å²) in [6, 6.07) is 3.24. The summed E-state index contributed by atoms with van der Waals surface area (Å²) in [5.41, 5.74) is -0.320. The summed E-state index contributed by atoms with van der Waals surface area (Å²) in [6.07, 6.45) is 1.45. The molecule has 116 valence electrons. The first-order valence-corrected chi connectivity index (χ1v) is 6.78. The lowest BCUT2D eigenvalue weighted by Gasteiger charge is -2.27. The molecule has 2 heterocycles. The number of carbonyl (C=O) groups is 1. The zero-order valence-corrected chi connectivity index (χ0v) is 12.3. The Morgan fingerprint density at radius 2 is 2.33 bits per heavy atom. The van der Waals surface area contributed by atoms with Crippen molar-refractivity contribution in [2.45, 2.75) is 12.6 Å². The van der Waals surface area contributed by atoms with Crippen molar-refractivity contribution in [1.82, 2.24) is 9.47 Å². The lowest BCUT2D eigenvalue weighted by atomic mass is 10.3. The zero-order chi connectivity index (χ0) is 15.2. The largest absolute Gasteiger partial charge is 0.491 e. The van der Waals surface area contributed by atoms with Crippen LogP contribution in [0.15, 0.2) is 23.1 Å². The Bertz CT molecular complexity index is 536. The summed E-state index contributed by atoms with van der Waals surface area (Å²) in [5, 5.41) is 0. The number of ether oxygens (including phenoxy) is 3. The molecule has 1 fully saturated rings. The van der Waals surface area contributed by atoms with E-state index in [9.17, 15) is 9.59 Å². The Balaban J connectivity index is 1.95. The maximum atomic E-state index is 12.2. The standard InChI is InChI=1S/C14H20N2O5/c1-15(8-11-10-20-6-7-21-11)13(17)9-16-5-3-4-12(19-2)14(16)18/h3-5,11H,6-10H2,1-2H3/t11-/m1/s1. The summed E-state index contributed by atoms with van der Waals surface area (Å²) < 4.78 is 17.1. The minimum atomic E-state index is -0.320. The first kappa shape index (κ1) is 15.5. The van der Waals surface area contributed by atoms with Crippen LogP contribution < -0.4 is 10.3 Å². The van der Waals surface area contributed by atoms with Crippen LogP contribution in [-0.2, 0) is 20.8 Å². The SMILES string of the molecule is COc1cccn(CC(=O)N(C)C[C@@H]2COCCO2)c1=O. The first-order chi connectivity index (χ1) is 10.1. The molecule has 0 N–H and O–H groups in total. The molecule has 1 amide bonds. The summed E-state index contributed by atoms with van der Waals surface area (Å²) >= 11 is 0. The monoisotopic (exact) mass is 296 g/mol. The average Bonchev–Trinajstić information content (AvgIpc) is 2.50. The molecule has 1 aliphatic heterocycles. The number of aromatic nitrogens is 1. The number of rotatable bonds is 5. The number of hydrogen-bond acceptors (Lipinski definition) is 5. The third-order valence-electron chi connectivity index (χ3n) is 3.30. The van der Waals surface area contributed by atoms with Crippen LogP contribution in [0.2, 0.25) is 0 Å². The molecule has 0 unspecified atom stereocenters. The lowest BCUT2D eigenvalue weighted by Crippen LogP contribution is -2.42. The summed E-state index contributed by atoms with van der Waals surface area (Å²) in [4.78, 5) is 25.7. The molecular weight excluding hydrogens is 276 g/mol. The Labute approximate surface area is 123 Å². The van der Waals surface area contributed by atoms with E-state index in [-0.39, 0.29) is 29.9 Å². The molecular formula is C14H20N2O5. The third-order valence-corrected chi connectivity index (χ3v) is 3.30. The molecule has 1 aliphatic rings. The van der Waals surface area contributed by atoms with Crippen LogP contribution in [0.3, 0.4) is 0 Å². The van der Waals surface area contributed by atoms with Crippen molar-refractivity contribution in [2.24, 2.45) is 0 Å². The van der Waals surface area contributed by atoms with Crippen molar-refractivity contribution in [2.75, 3.05) is 40.5 Å². The van der Waals surface area contributed by atoms with Gasteiger partial charge in [0.05, 0.1) is 33.0 Å². The number of likely N-dealkylation sites (N-methyl/N-ethyl adjacent to an activating group) is 1. The van der Waals surface area contributed by atoms with E-state index >= 15 is 0 Å². The van der Waals surface area contributed by atoms with Crippen molar-refractivity contribution >= 4 is 5.91 Å². The second kappa shape index (κ2) is 7.24. The van der Waals surface area contributed by atoms with Gasteiger partial charge in [0.15, 0.2) is 5.75 Å². The van der Waals surface area contributed by atoms with Crippen molar-refractivity contribution in [3.63, 3.8) is 0 Å². The highest BCUT2D eigenvalue weighted by atomic mass is 16.6. The van der Waals surface area contributed by atoms with Gasteiger partial charge in [-0.25, -0.2) is 0 Å². The fraction of sp³-hybridized carbons (Fsp3) is 0.571. The summed E-state index contributed by atoms with van der Waals surface area (Å²) in [5.74, 6) is 0.0523. The van der Waals surface area contributed by atoms with Crippen LogP contribution in [0, 0.1) is 0 Å². The maximum absolute atomic E-state index is 12.2. The first-order valence-electron chi connectivity index (χ1n) is 6.78. The zero-order valence-electron chi connectivity index (χ0n) is 12.3. The van der Waals surface area contributed by atoms with E-state index in [1.54, 1.807) is 30.3 Å². The van der Waals surface area contributed by atoms with Gasteiger partial charge in [-0.2, -0.15) is 0 Å². The molecule has 1 saturated heterocycles. The van der Waals surface area contributed by atoms with Gasteiger partial charge in [-0.15, -0.1) is 0 Å². The van der Waals surface area contributed by atoms with Crippen molar-refractivity contribution < 1.29 is 19.0 Å². The number of nitrogens with zero attached hydrogens (tertiary/aromatic N) is 2. The van der Waals surface area contributed by atoms with Gasteiger partial charge in [0.1, 0.15) is 6.54 Å². The highest BCUT2D eigenvalue weighted by molar-refractivity contribution is 5.75. The maximum Gasteiger partial charge on any atom is 0.293 e. The Morgan fingerprint density at radius 3 is 3.00 bits per heavy atom. The van der Waals surface area contributed by atoms with Gasteiger partial charge in [-0.05, 0) is 12.1 Å². The molecule has 0 bridgehead atoms. The molecule has 1 aromatic heterocycles. The molecule has 0 aromatic carbocycles. The predicted molar refractivity (Wildman–Crippen MR) is 75.5 cm³/mol. The number of carbonyl (C=O) groups excluding carboxylic acids is 1. The molecule has 1 aromatic rings. The van der Waals surface area contributed by atoms with E-state index in [1.165, 1.54) is 11.7 Å². The quantitative estimate of drug-likeness (QED) is 0.748. The predicted octanol–water partition coefficient (Wildman–Crippen LogP) is -0.269. The second-order valence-corrected chi connectivity index (χ2v) is 4.85. The number of pyridine rings is 1. The van der Waals surface area contributed by atoms with E-state index in [0.717, 1.165) is 0 Å². The van der Waals surface area contributed by atoms with Crippen LogP contribution in [0.5, 0.6) is 5.75 Å². The van der Waals surface area contributed by atoms with Crippen LogP contribution in [-0.4, -0.2) is 62.0 Å². The van der Waals surface area contributed by atoms with Crippen LogP contribution in [0.4, 0.5) is 0 Å². The summed E-state index contributed by atoms with van der Waals surface area (Å²) in [6.45, 7) is 2.03. The van der Waals surface area contributed by atoms with Crippen molar-refractivity contribution in [3.05, 3.63) is 28.7 Å². The Morgan fingerprint density at radius 1 is 1.52 bits per heavy atom. The van der Waals surface area contributed by atoms with Crippen LogP contribution in [0.1, 0.15) is 0 Å². The van der Waals surface area contributed by atoms with Crippen molar-refractivity contribution in [1.29, 1.82) is 0 Å². The molecule has 0 radical (unpaired) electrons. The molecule has 2 rings (SSSR count). The molecule has 7 heteroatoms. The highest BCUT2D eigenvalue weighted by Crippen LogP contribution is 2.04. The number of hydrogen-bond donors (Lipinski definition) is 0. The number of methoxy groups -OCH3 is 1.